The molecule has 2 aromatic heterocycles. The molecule has 0 unspecified atom stereocenters. The number of carbonyl (C=O) groups is 1. The van der Waals surface area contributed by atoms with Gasteiger partial charge >= 0.3 is 5.69 Å². The van der Waals surface area contributed by atoms with E-state index in [9.17, 15) is 14.4 Å². The first-order valence-corrected chi connectivity index (χ1v) is 8.84. The number of rotatable bonds is 3. The molecule has 1 aliphatic rings. The lowest BCUT2D eigenvalue weighted by Crippen LogP contribution is -2.47. The third-order valence-corrected chi connectivity index (χ3v) is 5.12. The van der Waals surface area contributed by atoms with Gasteiger partial charge < -0.3 is 9.88 Å². The molecule has 1 aliphatic carbocycles. The standard InChI is InChI=1S/C17H25N5O3/c1-11(15(23)19-12-8-6-4-5-7-9-12)22-16(24)13-14(18-10-20(13)2)21(3)17(22)25/h10-12H,4-9H2,1-3H3,(H,19,23)/t11-/m1/s1. The van der Waals surface area contributed by atoms with E-state index in [1.165, 1.54) is 23.7 Å². The van der Waals surface area contributed by atoms with E-state index in [2.05, 4.69) is 10.3 Å². The Bertz CT molecular complexity index is 899. The minimum atomic E-state index is -0.867. The molecule has 1 amide bonds. The van der Waals surface area contributed by atoms with Crippen LogP contribution < -0.4 is 16.6 Å². The van der Waals surface area contributed by atoms with Crippen LogP contribution in [0.25, 0.3) is 11.2 Å². The Balaban J connectivity index is 1.95. The largest absolute Gasteiger partial charge is 0.352 e. The van der Waals surface area contributed by atoms with E-state index in [0.29, 0.717) is 11.2 Å². The molecule has 136 valence electrons. The van der Waals surface area contributed by atoms with Gasteiger partial charge in [0.2, 0.25) is 5.91 Å². The average molecular weight is 347 g/mol. The number of hydrogen-bond acceptors (Lipinski definition) is 4. The third kappa shape index (κ3) is 3.12. The van der Waals surface area contributed by atoms with E-state index in [4.69, 9.17) is 0 Å². The summed E-state index contributed by atoms with van der Waals surface area (Å²) in [5.41, 5.74) is -0.373. The van der Waals surface area contributed by atoms with Gasteiger partial charge in [-0.15, -0.1) is 0 Å². The fourth-order valence-corrected chi connectivity index (χ4v) is 3.57. The number of fused-ring (bicyclic) bond motifs is 1. The molecule has 1 N–H and O–H groups in total. The molecule has 25 heavy (non-hydrogen) atoms. The molecule has 1 fully saturated rings. The van der Waals surface area contributed by atoms with Crippen molar-refractivity contribution in [3.05, 3.63) is 27.2 Å². The van der Waals surface area contributed by atoms with Crippen molar-refractivity contribution in [1.29, 1.82) is 0 Å². The van der Waals surface area contributed by atoms with Gasteiger partial charge in [0.15, 0.2) is 11.2 Å². The van der Waals surface area contributed by atoms with Crippen LogP contribution in [-0.2, 0) is 18.9 Å². The summed E-state index contributed by atoms with van der Waals surface area (Å²) in [4.78, 5) is 42.1. The number of hydrogen-bond donors (Lipinski definition) is 1. The minimum Gasteiger partial charge on any atom is -0.352 e. The van der Waals surface area contributed by atoms with E-state index >= 15 is 0 Å². The highest BCUT2D eigenvalue weighted by Crippen LogP contribution is 2.18. The first kappa shape index (κ1) is 17.4. The highest BCUT2D eigenvalue weighted by molar-refractivity contribution is 5.80. The number of carbonyl (C=O) groups excluding carboxylic acids is 1. The van der Waals surface area contributed by atoms with Gasteiger partial charge in [-0.1, -0.05) is 25.7 Å². The average Bonchev–Trinajstić information content (AvgIpc) is 2.79. The lowest BCUT2D eigenvalue weighted by molar-refractivity contribution is -0.124. The molecule has 8 nitrogen and oxygen atoms in total. The van der Waals surface area contributed by atoms with Gasteiger partial charge in [0.05, 0.1) is 6.33 Å². The van der Waals surface area contributed by atoms with Crippen LogP contribution >= 0.6 is 0 Å². The van der Waals surface area contributed by atoms with Crippen LogP contribution in [0.5, 0.6) is 0 Å². The van der Waals surface area contributed by atoms with E-state index in [1.807, 2.05) is 0 Å². The van der Waals surface area contributed by atoms with Crippen molar-refractivity contribution in [2.45, 2.75) is 57.5 Å². The second-order valence-electron chi connectivity index (χ2n) is 6.92. The summed E-state index contributed by atoms with van der Waals surface area (Å²) in [5, 5.41) is 3.02. The molecule has 0 spiro atoms. The van der Waals surface area contributed by atoms with E-state index in [0.717, 1.165) is 30.3 Å². The summed E-state index contributed by atoms with van der Waals surface area (Å²) in [6, 6.07) is -0.744. The molecule has 1 saturated carbocycles. The number of amides is 1. The molecule has 0 aromatic carbocycles. The van der Waals surface area contributed by atoms with Crippen LogP contribution in [0.1, 0.15) is 51.5 Å². The van der Waals surface area contributed by atoms with E-state index in [-0.39, 0.29) is 11.9 Å². The zero-order valence-electron chi connectivity index (χ0n) is 15.0. The Morgan fingerprint density at radius 1 is 1.20 bits per heavy atom. The maximum absolute atomic E-state index is 12.8. The topological polar surface area (TPSA) is 90.9 Å². The number of nitrogens with one attached hydrogen (secondary N) is 1. The Morgan fingerprint density at radius 3 is 2.48 bits per heavy atom. The zero-order valence-corrected chi connectivity index (χ0v) is 15.0. The highest BCUT2D eigenvalue weighted by atomic mass is 16.2. The first-order chi connectivity index (χ1) is 11.9. The highest BCUT2D eigenvalue weighted by Gasteiger charge is 2.25. The second kappa shape index (κ2) is 6.85. The van der Waals surface area contributed by atoms with E-state index < -0.39 is 17.3 Å². The maximum Gasteiger partial charge on any atom is 0.333 e. The third-order valence-electron chi connectivity index (χ3n) is 5.12. The normalized spacial score (nSPS) is 17.4. The zero-order chi connectivity index (χ0) is 18.1. The lowest BCUT2D eigenvalue weighted by atomic mass is 10.1. The summed E-state index contributed by atoms with van der Waals surface area (Å²) in [6.45, 7) is 1.59. The fourth-order valence-electron chi connectivity index (χ4n) is 3.57. The molecule has 2 heterocycles. The summed E-state index contributed by atoms with van der Waals surface area (Å²) >= 11 is 0. The van der Waals surface area contributed by atoms with Crippen molar-refractivity contribution in [1.82, 2.24) is 24.0 Å². The number of aryl methyl sites for hydroxylation is 2. The van der Waals surface area contributed by atoms with Gasteiger partial charge in [-0.25, -0.2) is 14.3 Å². The molecule has 0 bridgehead atoms. The molecule has 0 radical (unpaired) electrons. The lowest BCUT2D eigenvalue weighted by Gasteiger charge is -2.20. The first-order valence-electron chi connectivity index (χ1n) is 8.84. The van der Waals surface area contributed by atoms with Crippen molar-refractivity contribution >= 4 is 17.1 Å². The number of imidazole rings is 1. The van der Waals surface area contributed by atoms with Crippen LogP contribution in [0.4, 0.5) is 0 Å². The molecule has 0 saturated heterocycles. The summed E-state index contributed by atoms with van der Waals surface area (Å²) in [6.07, 6.45) is 7.98. The molecule has 0 aliphatic heterocycles. The molecule has 2 aromatic rings. The molecule has 8 heteroatoms. The van der Waals surface area contributed by atoms with Crippen LogP contribution in [0.15, 0.2) is 15.9 Å². The molecule has 1 atom stereocenters. The SMILES string of the molecule is C[C@H](C(=O)NC1CCCCCC1)n1c(=O)c2c(ncn2C)n(C)c1=O. The van der Waals surface area contributed by atoms with Gasteiger partial charge in [-0.3, -0.25) is 14.2 Å². The summed E-state index contributed by atoms with van der Waals surface area (Å²) < 4.78 is 3.91. The Labute approximate surface area is 145 Å². The summed E-state index contributed by atoms with van der Waals surface area (Å²) in [7, 11) is 3.26. The van der Waals surface area contributed by atoms with Crippen molar-refractivity contribution < 1.29 is 4.79 Å². The Hall–Kier alpha value is -2.38. The van der Waals surface area contributed by atoms with Crippen LogP contribution in [0.3, 0.4) is 0 Å². The van der Waals surface area contributed by atoms with Crippen molar-refractivity contribution in [3.63, 3.8) is 0 Å². The van der Waals surface area contributed by atoms with Crippen molar-refractivity contribution in [2.75, 3.05) is 0 Å². The minimum absolute atomic E-state index is 0.123. The number of aromatic nitrogens is 4. The second-order valence-corrected chi connectivity index (χ2v) is 6.92. The molecule has 3 rings (SSSR count). The van der Waals surface area contributed by atoms with E-state index in [1.54, 1.807) is 25.6 Å². The summed E-state index contributed by atoms with van der Waals surface area (Å²) in [5.74, 6) is -0.285. The van der Waals surface area contributed by atoms with Crippen molar-refractivity contribution in [2.24, 2.45) is 14.1 Å². The Kier molecular flexibility index (Phi) is 4.78. The molecular weight excluding hydrogens is 322 g/mol. The predicted octanol–water partition coefficient (Wildman–Crippen LogP) is 0.834. The fraction of sp³-hybridized carbons (Fsp3) is 0.647. The van der Waals surface area contributed by atoms with Gasteiger partial charge in [0.1, 0.15) is 6.04 Å². The van der Waals surface area contributed by atoms with Crippen molar-refractivity contribution in [3.8, 4) is 0 Å². The van der Waals surface area contributed by atoms with Crippen LogP contribution in [0, 0.1) is 0 Å². The Morgan fingerprint density at radius 2 is 1.84 bits per heavy atom. The van der Waals surface area contributed by atoms with Gasteiger partial charge in [-0.2, -0.15) is 0 Å². The predicted molar refractivity (Wildman–Crippen MR) is 94.6 cm³/mol. The van der Waals surface area contributed by atoms with Crippen LogP contribution in [0.2, 0.25) is 0 Å². The van der Waals surface area contributed by atoms with Gasteiger partial charge in [-0.05, 0) is 19.8 Å². The molecular formula is C17H25N5O3. The quantitative estimate of drug-likeness (QED) is 0.833. The smallest absolute Gasteiger partial charge is 0.333 e. The maximum atomic E-state index is 12.8. The monoisotopic (exact) mass is 347 g/mol. The van der Waals surface area contributed by atoms with Gasteiger partial charge in [0.25, 0.3) is 5.56 Å². The van der Waals surface area contributed by atoms with Gasteiger partial charge in [0, 0.05) is 20.1 Å². The number of nitrogens with zero attached hydrogens (tertiary/aromatic N) is 4. The van der Waals surface area contributed by atoms with Crippen LogP contribution in [-0.4, -0.2) is 30.6 Å².